The first-order valence-electron chi connectivity index (χ1n) is 4.12. The highest BCUT2D eigenvalue weighted by Gasteiger charge is 1.99. The molecule has 0 saturated heterocycles. The fourth-order valence-electron chi connectivity index (χ4n) is 0.956. The van der Waals surface area contributed by atoms with E-state index < -0.39 is 0 Å². The maximum Gasteiger partial charge on any atom is 0.240 e. The summed E-state index contributed by atoms with van der Waals surface area (Å²) >= 11 is 0. The molecule has 0 spiro atoms. The van der Waals surface area contributed by atoms with Crippen molar-refractivity contribution in [1.82, 2.24) is 10.2 Å². The molecule has 14 heavy (non-hydrogen) atoms. The van der Waals surface area contributed by atoms with Gasteiger partial charge >= 0.3 is 0 Å². The van der Waals surface area contributed by atoms with E-state index in [1.807, 2.05) is 6.07 Å². The van der Waals surface area contributed by atoms with Crippen LogP contribution in [0.25, 0.3) is 12.2 Å². The molecule has 0 saturated carbocycles. The van der Waals surface area contributed by atoms with Crippen molar-refractivity contribution in [1.29, 1.82) is 0 Å². The molecule has 5 heteroatoms. The first kappa shape index (κ1) is 8.71. The number of nitrogens with zero attached hydrogens (tertiary/aromatic N) is 2. The Morgan fingerprint density at radius 3 is 2.93 bits per heavy atom. The number of rotatable bonds is 3. The van der Waals surface area contributed by atoms with Gasteiger partial charge < -0.3 is 14.6 Å². The van der Waals surface area contributed by atoms with E-state index in [2.05, 4.69) is 10.2 Å². The zero-order valence-corrected chi connectivity index (χ0v) is 7.38. The van der Waals surface area contributed by atoms with Gasteiger partial charge in [0, 0.05) is 6.08 Å². The summed E-state index contributed by atoms with van der Waals surface area (Å²) < 4.78 is 10.2. The summed E-state index contributed by atoms with van der Waals surface area (Å²) in [6.07, 6.45) is 5.01. The van der Waals surface area contributed by atoms with Crippen molar-refractivity contribution in [2.75, 3.05) is 0 Å². The van der Waals surface area contributed by atoms with E-state index in [-0.39, 0.29) is 6.54 Å². The van der Waals surface area contributed by atoms with E-state index >= 15 is 0 Å². The van der Waals surface area contributed by atoms with Crippen LogP contribution in [-0.2, 0) is 6.54 Å². The topological polar surface area (TPSA) is 78.1 Å². The standard InChI is InChI=1S/C9H9N3O2/c10-6-9-12-11-8(14-9)4-3-7-2-1-5-13-7/h1-5H,6,10H2/b4-3+. The van der Waals surface area contributed by atoms with Gasteiger partial charge in [-0.05, 0) is 18.2 Å². The number of aromatic nitrogens is 2. The first-order chi connectivity index (χ1) is 6.88. The minimum absolute atomic E-state index is 0.252. The lowest BCUT2D eigenvalue weighted by Gasteiger charge is -1.82. The lowest BCUT2D eigenvalue weighted by atomic mass is 10.4. The first-order valence-corrected chi connectivity index (χ1v) is 4.12. The second-order valence-electron chi connectivity index (χ2n) is 2.59. The van der Waals surface area contributed by atoms with E-state index in [9.17, 15) is 0 Å². The van der Waals surface area contributed by atoms with Crippen LogP contribution in [0.3, 0.4) is 0 Å². The zero-order chi connectivity index (χ0) is 9.80. The third kappa shape index (κ3) is 1.89. The normalized spacial score (nSPS) is 11.2. The number of hydrogen-bond acceptors (Lipinski definition) is 5. The van der Waals surface area contributed by atoms with Crippen molar-refractivity contribution >= 4 is 12.2 Å². The number of nitrogens with two attached hydrogens (primary N) is 1. The van der Waals surface area contributed by atoms with Crippen molar-refractivity contribution in [2.45, 2.75) is 6.54 Å². The van der Waals surface area contributed by atoms with Gasteiger partial charge in [-0.3, -0.25) is 0 Å². The average Bonchev–Trinajstić information content (AvgIpc) is 2.86. The van der Waals surface area contributed by atoms with Crippen LogP contribution in [-0.4, -0.2) is 10.2 Å². The lowest BCUT2D eigenvalue weighted by Crippen LogP contribution is -1.95. The van der Waals surface area contributed by atoms with Crippen LogP contribution in [0, 0.1) is 0 Å². The third-order valence-electron chi connectivity index (χ3n) is 1.59. The number of furan rings is 1. The molecule has 2 N–H and O–H groups in total. The Labute approximate surface area is 80.2 Å². The summed E-state index contributed by atoms with van der Waals surface area (Å²) in [5.41, 5.74) is 5.32. The zero-order valence-electron chi connectivity index (χ0n) is 7.38. The predicted octanol–water partition coefficient (Wildman–Crippen LogP) is 1.29. The molecule has 0 unspecified atom stereocenters. The molecular weight excluding hydrogens is 182 g/mol. The average molecular weight is 191 g/mol. The van der Waals surface area contributed by atoms with Gasteiger partial charge in [0.05, 0.1) is 12.8 Å². The monoisotopic (exact) mass is 191 g/mol. The van der Waals surface area contributed by atoms with Gasteiger partial charge in [0.2, 0.25) is 11.8 Å². The molecule has 0 bridgehead atoms. The molecule has 0 aromatic carbocycles. The van der Waals surface area contributed by atoms with Crippen molar-refractivity contribution in [3.63, 3.8) is 0 Å². The van der Waals surface area contributed by atoms with Crippen LogP contribution >= 0.6 is 0 Å². The van der Waals surface area contributed by atoms with Gasteiger partial charge in [0.1, 0.15) is 5.76 Å². The Bertz CT molecular complexity index is 417. The molecule has 0 aliphatic carbocycles. The summed E-state index contributed by atoms with van der Waals surface area (Å²) in [5, 5.41) is 7.47. The summed E-state index contributed by atoms with van der Waals surface area (Å²) in [5.74, 6) is 1.57. The van der Waals surface area contributed by atoms with Crippen molar-refractivity contribution in [3.05, 3.63) is 35.9 Å². The van der Waals surface area contributed by atoms with Crippen molar-refractivity contribution in [3.8, 4) is 0 Å². The Morgan fingerprint density at radius 2 is 2.29 bits per heavy atom. The van der Waals surface area contributed by atoms with Crippen LogP contribution in [0.15, 0.2) is 27.2 Å². The van der Waals surface area contributed by atoms with Gasteiger partial charge in [-0.25, -0.2) is 0 Å². The van der Waals surface area contributed by atoms with E-state index in [1.165, 1.54) is 0 Å². The molecule has 2 aromatic heterocycles. The molecule has 2 rings (SSSR count). The van der Waals surface area contributed by atoms with Crippen LogP contribution in [0.4, 0.5) is 0 Å². The van der Waals surface area contributed by atoms with Crippen LogP contribution < -0.4 is 5.73 Å². The molecular formula is C9H9N3O2. The molecule has 0 amide bonds. The Hall–Kier alpha value is -1.88. The fourth-order valence-corrected chi connectivity index (χ4v) is 0.956. The summed E-state index contributed by atoms with van der Waals surface area (Å²) in [4.78, 5) is 0. The van der Waals surface area contributed by atoms with E-state index in [0.717, 1.165) is 5.76 Å². The smallest absolute Gasteiger partial charge is 0.240 e. The highest BCUT2D eigenvalue weighted by atomic mass is 16.4. The fraction of sp³-hybridized carbons (Fsp3) is 0.111. The molecule has 0 aliphatic rings. The van der Waals surface area contributed by atoms with Gasteiger partial charge in [-0.15, -0.1) is 10.2 Å². The molecule has 0 radical (unpaired) electrons. The lowest BCUT2D eigenvalue weighted by molar-refractivity contribution is 0.488. The van der Waals surface area contributed by atoms with E-state index in [0.29, 0.717) is 11.8 Å². The SMILES string of the molecule is NCc1nnc(/C=C/c2ccco2)o1. The third-order valence-corrected chi connectivity index (χ3v) is 1.59. The highest BCUT2D eigenvalue weighted by Crippen LogP contribution is 2.07. The van der Waals surface area contributed by atoms with Crippen LogP contribution in [0.5, 0.6) is 0 Å². The second-order valence-corrected chi connectivity index (χ2v) is 2.59. The minimum Gasteiger partial charge on any atom is -0.465 e. The van der Waals surface area contributed by atoms with Gasteiger partial charge in [-0.1, -0.05) is 0 Å². The molecule has 0 fully saturated rings. The van der Waals surface area contributed by atoms with Crippen LogP contribution in [0.1, 0.15) is 17.5 Å². The van der Waals surface area contributed by atoms with Gasteiger partial charge in [-0.2, -0.15) is 0 Å². The minimum atomic E-state index is 0.252. The van der Waals surface area contributed by atoms with Crippen molar-refractivity contribution in [2.24, 2.45) is 5.73 Å². The maximum atomic E-state index is 5.32. The van der Waals surface area contributed by atoms with Crippen LogP contribution in [0.2, 0.25) is 0 Å². The van der Waals surface area contributed by atoms with Gasteiger partial charge in [0.25, 0.3) is 0 Å². The Morgan fingerprint density at radius 1 is 1.36 bits per heavy atom. The molecule has 5 nitrogen and oxygen atoms in total. The molecule has 2 heterocycles. The predicted molar refractivity (Wildman–Crippen MR) is 49.8 cm³/mol. The Kier molecular flexibility index (Phi) is 2.42. The number of hydrogen-bond donors (Lipinski definition) is 1. The van der Waals surface area contributed by atoms with E-state index in [4.69, 9.17) is 14.6 Å². The molecule has 0 atom stereocenters. The summed E-state index contributed by atoms with van der Waals surface area (Å²) in [6.45, 7) is 0.252. The quantitative estimate of drug-likeness (QED) is 0.790. The summed E-state index contributed by atoms with van der Waals surface area (Å²) in [7, 11) is 0. The molecule has 0 aliphatic heterocycles. The Balaban J connectivity index is 2.10. The molecule has 2 aromatic rings. The summed E-state index contributed by atoms with van der Waals surface area (Å²) in [6, 6.07) is 3.63. The maximum absolute atomic E-state index is 5.32. The second kappa shape index (κ2) is 3.89. The molecule has 72 valence electrons. The van der Waals surface area contributed by atoms with Gasteiger partial charge in [0.15, 0.2) is 0 Å². The van der Waals surface area contributed by atoms with Crippen molar-refractivity contribution < 1.29 is 8.83 Å². The van der Waals surface area contributed by atoms with E-state index in [1.54, 1.807) is 24.5 Å². The largest absolute Gasteiger partial charge is 0.465 e. The highest BCUT2D eigenvalue weighted by molar-refractivity contribution is 5.62.